The van der Waals surface area contributed by atoms with E-state index >= 15 is 0 Å². The van der Waals surface area contributed by atoms with Crippen molar-refractivity contribution in [2.45, 2.75) is 24.9 Å². The molecule has 3 aromatic rings. The van der Waals surface area contributed by atoms with Gasteiger partial charge in [-0.15, -0.1) is 0 Å². The molecule has 0 radical (unpaired) electrons. The zero-order valence-electron chi connectivity index (χ0n) is 23.4. The van der Waals surface area contributed by atoms with Crippen LogP contribution in [-0.2, 0) is 25.7 Å². The smallest absolute Gasteiger partial charge is 0.310 e. The third-order valence-corrected chi connectivity index (χ3v) is 8.60. The number of hydrogen-bond acceptors (Lipinski definition) is 10. The van der Waals surface area contributed by atoms with E-state index in [4.69, 9.17) is 28.7 Å². The predicted octanol–water partition coefficient (Wildman–Crippen LogP) is 3.51. The van der Waals surface area contributed by atoms with Gasteiger partial charge in [0.1, 0.15) is 5.71 Å². The number of carbonyl (C=O) groups is 3. The first kappa shape index (κ1) is 26.8. The van der Waals surface area contributed by atoms with Crippen molar-refractivity contribution in [2.24, 2.45) is 16.8 Å². The van der Waals surface area contributed by atoms with E-state index in [-0.39, 0.29) is 55.2 Å². The number of carbonyl (C=O) groups excluding carboxylic acids is 3. The minimum absolute atomic E-state index is 0.0409. The number of likely N-dealkylation sites (tertiary alicyclic amines) is 1. The molecule has 0 saturated carbocycles. The Bertz CT molecular complexity index is 1660. The molecule has 4 atom stereocenters. The topological polar surface area (TPSA) is 133 Å². The fourth-order valence-corrected chi connectivity index (χ4v) is 6.57. The number of phenols is 1. The molecule has 11 heteroatoms. The average molecular weight is 585 g/mol. The number of hydrogen-bond donors (Lipinski definition) is 1. The van der Waals surface area contributed by atoms with Gasteiger partial charge in [0.25, 0.3) is 5.91 Å². The highest BCUT2D eigenvalue weighted by atomic mass is 16.7. The van der Waals surface area contributed by atoms with Gasteiger partial charge in [0, 0.05) is 11.8 Å². The number of imide groups is 1. The van der Waals surface area contributed by atoms with Crippen molar-refractivity contribution in [1.29, 1.82) is 0 Å². The predicted molar refractivity (Wildman–Crippen MR) is 150 cm³/mol. The highest BCUT2D eigenvalue weighted by Crippen LogP contribution is 2.56. The molecular weight excluding hydrogens is 556 g/mol. The summed E-state index contributed by atoms with van der Waals surface area (Å²) in [7, 11) is 2.87. The summed E-state index contributed by atoms with van der Waals surface area (Å²) in [5, 5.41) is 10.6. The lowest BCUT2D eigenvalue weighted by Crippen LogP contribution is -2.35. The number of fused-ring (bicyclic) bond motifs is 3. The summed E-state index contributed by atoms with van der Waals surface area (Å²) in [5.74, 6) is -1.61. The van der Waals surface area contributed by atoms with Gasteiger partial charge in [0.05, 0.1) is 45.8 Å². The molecule has 2 fully saturated rings. The summed E-state index contributed by atoms with van der Waals surface area (Å²) in [6, 6.07) is 15.6. The Hall–Kier alpha value is -5.06. The van der Waals surface area contributed by atoms with E-state index in [0.29, 0.717) is 17.1 Å². The first-order valence-corrected chi connectivity index (χ1v) is 13.9. The van der Waals surface area contributed by atoms with Gasteiger partial charge in [-0.3, -0.25) is 24.3 Å². The molecule has 0 bridgehead atoms. The summed E-state index contributed by atoms with van der Waals surface area (Å²) < 4.78 is 27.8. The molecule has 7 rings (SSSR count). The zero-order valence-corrected chi connectivity index (χ0v) is 23.4. The Morgan fingerprint density at radius 1 is 0.930 bits per heavy atom. The number of ether oxygens (including phenoxy) is 5. The lowest BCUT2D eigenvalue weighted by molar-refractivity contribution is -0.142. The lowest BCUT2D eigenvalue weighted by Gasteiger charge is -2.37. The summed E-state index contributed by atoms with van der Waals surface area (Å²) in [6.45, 7) is 0.272. The van der Waals surface area contributed by atoms with Crippen LogP contribution in [0.4, 0.5) is 0 Å². The number of nitrogens with zero attached hydrogens (tertiary/aromatic N) is 2. The number of benzene rings is 3. The molecular formula is C32H28N2O9. The molecule has 3 heterocycles. The summed E-state index contributed by atoms with van der Waals surface area (Å²) in [6.07, 6.45) is -0.135. The van der Waals surface area contributed by atoms with Gasteiger partial charge >= 0.3 is 5.97 Å². The van der Waals surface area contributed by atoms with Crippen LogP contribution in [-0.4, -0.2) is 61.1 Å². The zero-order chi connectivity index (χ0) is 29.8. The van der Waals surface area contributed by atoms with E-state index in [1.807, 2.05) is 42.5 Å². The fourth-order valence-electron chi connectivity index (χ4n) is 6.57. The van der Waals surface area contributed by atoms with Crippen LogP contribution in [0.2, 0.25) is 0 Å². The number of methoxy groups -OCH3 is 2. The van der Waals surface area contributed by atoms with Gasteiger partial charge in [-0.1, -0.05) is 30.3 Å². The third-order valence-electron chi connectivity index (χ3n) is 8.60. The molecule has 43 heavy (non-hydrogen) atoms. The molecule has 2 amide bonds. The van der Waals surface area contributed by atoms with Crippen molar-refractivity contribution in [3.05, 3.63) is 76.9 Å². The quantitative estimate of drug-likeness (QED) is 0.341. The van der Waals surface area contributed by atoms with Crippen LogP contribution >= 0.6 is 0 Å². The number of rotatable bonds is 6. The Balaban J connectivity index is 1.35. The first-order valence-electron chi connectivity index (χ1n) is 13.9. The van der Waals surface area contributed by atoms with Gasteiger partial charge in [-0.25, -0.2) is 0 Å². The standard InChI is InChI=1S/C32H28N2O9/c1-39-24-8-17(9-25(40-2)30(24)36)27-18-10-22-23(43-15-42-22)11-19(18)29(20-14-41-32(38)28(20)27)33-21-12-26(35)34(31(21)37)13-16-6-4-3-5-7-16/h3-11,20,27-29,36H,12-15H2,1-2H3/t20-,27+,28-,29+/m0/s1. The monoisotopic (exact) mass is 584 g/mol. The SMILES string of the molecule is COc1cc([C@@H]2c3cc4c(cc3[C@@H](N=C3CC(=O)N(Cc5ccccc5)C3=O)[C@H]3COC(=O)[C@H]23)OCO4)cc(OC)c1O. The van der Waals surface area contributed by atoms with Crippen LogP contribution in [0.25, 0.3) is 0 Å². The number of cyclic esters (lactones) is 1. The normalized spacial score (nSPS) is 24.7. The maximum atomic E-state index is 13.5. The van der Waals surface area contributed by atoms with Gasteiger partial charge in [-0.2, -0.15) is 0 Å². The summed E-state index contributed by atoms with van der Waals surface area (Å²) in [5.41, 5.74) is 3.09. The van der Waals surface area contributed by atoms with Crippen LogP contribution in [0.1, 0.15) is 40.6 Å². The van der Waals surface area contributed by atoms with Gasteiger partial charge in [0.15, 0.2) is 23.0 Å². The maximum Gasteiger partial charge on any atom is 0.310 e. The Morgan fingerprint density at radius 2 is 1.60 bits per heavy atom. The van der Waals surface area contributed by atoms with Crippen LogP contribution in [0.5, 0.6) is 28.7 Å². The number of amides is 2. The van der Waals surface area contributed by atoms with Crippen LogP contribution in [0.3, 0.4) is 0 Å². The van der Waals surface area contributed by atoms with Crippen LogP contribution < -0.4 is 18.9 Å². The fraction of sp³-hybridized carbons (Fsp3) is 0.312. The van der Waals surface area contributed by atoms with Gasteiger partial charge in [0.2, 0.25) is 18.4 Å². The van der Waals surface area contributed by atoms with Gasteiger partial charge in [-0.05, 0) is 46.5 Å². The van der Waals surface area contributed by atoms with E-state index in [9.17, 15) is 19.5 Å². The second-order valence-electron chi connectivity index (χ2n) is 10.9. The summed E-state index contributed by atoms with van der Waals surface area (Å²) in [4.78, 5) is 46.0. The molecule has 0 unspecified atom stereocenters. The van der Waals surface area contributed by atoms with Crippen molar-refractivity contribution >= 4 is 23.5 Å². The van der Waals surface area contributed by atoms with E-state index in [0.717, 1.165) is 16.7 Å². The Labute approximate surface area is 246 Å². The summed E-state index contributed by atoms with van der Waals surface area (Å²) >= 11 is 0. The first-order chi connectivity index (χ1) is 20.9. The highest BCUT2D eigenvalue weighted by molar-refractivity contribution is 6.48. The van der Waals surface area contributed by atoms with Gasteiger partial charge < -0.3 is 28.8 Å². The maximum absolute atomic E-state index is 13.5. The number of aliphatic imine (C=N–C) groups is 1. The van der Waals surface area contributed by atoms with E-state index in [1.165, 1.54) is 19.1 Å². The molecule has 2 saturated heterocycles. The van der Waals surface area contributed by atoms with Crippen molar-refractivity contribution < 1.29 is 43.2 Å². The van der Waals surface area contributed by atoms with Crippen molar-refractivity contribution in [3.63, 3.8) is 0 Å². The number of phenolic OH excluding ortho intramolecular Hbond substituents is 1. The second-order valence-corrected chi connectivity index (χ2v) is 10.9. The minimum atomic E-state index is -0.686. The molecule has 0 aromatic heterocycles. The van der Waals surface area contributed by atoms with Crippen LogP contribution in [0.15, 0.2) is 59.6 Å². The number of esters is 1. The molecule has 0 spiro atoms. The molecule has 1 N–H and O–H groups in total. The molecule has 220 valence electrons. The molecule has 3 aromatic carbocycles. The third kappa shape index (κ3) is 4.34. The minimum Gasteiger partial charge on any atom is -0.502 e. The molecule has 3 aliphatic heterocycles. The molecule has 11 nitrogen and oxygen atoms in total. The Kier molecular flexibility index (Phi) is 6.45. The highest BCUT2D eigenvalue weighted by Gasteiger charge is 2.53. The van der Waals surface area contributed by atoms with Crippen molar-refractivity contribution in [3.8, 4) is 28.7 Å². The van der Waals surface area contributed by atoms with E-state index < -0.39 is 35.7 Å². The van der Waals surface area contributed by atoms with E-state index in [1.54, 1.807) is 12.1 Å². The van der Waals surface area contributed by atoms with Crippen molar-refractivity contribution in [2.75, 3.05) is 27.6 Å². The van der Waals surface area contributed by atoms with Crippen molar-refractivity contribution in [1.82, 2.24) is 4.90 Å². The Morgan fingerprint density at radius 3 is 2.28 bits per heavy atom. The van der Waals surface area contributed by atoms with Crippen LogP contribution in [0, 0.1) is 11.8 Å². The second kappa shape index (κ2) is 10.3. The lowest BCUT2D eigenvalue weighted by atomic mass is 9.65. The molecule has 4 aliphatic rings. The largest absolute Gasteiger partial charge is 0.502 e. The average Bonchev–Trinajstić information content (AvgIpc) is 3.71. The number of aromatic hydroxyl groups is 1. The molecule has 1 aliphatic carbocycles. The van der Waals surface area contributed by atoms with E-state index in [2.05, 4.69) is 0 Å².